The van der Waals surface area contributed by atoms with Crippen molar-refractivity contribution < 1.29 is 75.5 Å². The van der Waals surface area contributed by atoms with E-state index < -0.39 is 5.97 Å². The van der Waals surface area contributed by atoms with Crippen LogP contribution in [0.4, 0.5) is 0 Å². The van der Waals surface area contributed by atoms with Gasteiger partial charge in [-0.05, 0) is 12.1 Å². The van der Waals surface area contributed by atoms with Gasteiger partial charge in [0.05, 0.1) is 26.3 Å². The van der Waals surface area contributed by atoms with E-state index in [2.05, 4.69) is 15.0 Å². The number of methoxy groups -OCH3 is 2. The van der Waals surface area contributed by atoms with Crippen LogP contribution in [0.2, 0.25) is 0 Å². The summed E-state index contributed by atoms with van der Waals surface area (Å²) in [7, 11) is 2.84. The number of carbonyl (C=O) groups excluding carboxylic acids is 1. The second kappa shape index (κ2) is 8.25. The van der Waals surface area contributed by atoms with Gasteiger partial charge in [0, 0.05) is 6.20 Å². The van der Waals surface area contributed by atoms with Crippen LogP contribution in [0.25, 0.3) is 0 Å². The molecule has 2 aromatic heterocycles. The molecule has 0 N–H and O–H groups in total. The average molecular weight is 315 g/mol. The van der Waals surface area contributed by atoms with Crippen LogP contribution >= 0.6 is 0 Å². The number of carboxylic acids is 1. The topological polar surface area (TPSA) is 106 Å². The molecular weight excluding hydrogens is 305 g/mol. The Bertz CT molecular complexity index is 616. The Morgan fingerprint density at radius 2 is 1.81 bits per heavy atom. The third-order valence-electron chi connectivity index (χ3n) is 2.24. The van der Waals surface area contributed by atoms with Crippen molar-refractivity contribution in [3.63, 3.8) is 0 Å². The van der Waals surface area contributed by atoms with Crippen molar-refractivity contribution in [2.24, 2.45) is 0 Å². The van der Waals surface area contributed by atoms with E-state index in [1.165, 1.54) is 38.6 Å². The molecule has 2 aromatic rings. The summed E-state index contributed by atoms with van der Waals surface area (Å²) in [5.74, 6) is -1.07. The largest absolute Gasteiger partial charge is 1.00 e. The van der Waals surface area contributed by atoms with E-state index in [1.807, 2.05) is 0 Å². The molecule has 0 amide bonds. The van der Waals surface area contributed by atoms with Crippen LogP contribution in [0.15, 0.2) is 24.4 Å². The monoisotopic (exact) mass is 315 g/mol. The van der Waals surface area contributed by atoms with E-state index in [0.29, 0.717) is 0 Å². The zero-order valence-corrected chi connectivity index (χ0v) is 14.8. The maximum absolute atomic E-state index is 10.9. The van der Waals surface area contributed by atoms with Crippen molar-refractivity contribution in [1.29, 1.82) is 0 Å². The van der Waals surface area contributed by atoms with E-state index in [4.69, 9.17) is 14.2 Å². The SMILES string of the molecule is COc1cc(OC)nc(Oc2cccnc2C(=O)[O-])n1.[K+]. The van der Waals surface area contributed by atoms with Gasteiger partial charge in [-0.15, -0.1) is 0 Å². The molecule has 9 heteroatoms. The van der Waals surface area contributed by atoms with Crippen LogP contribution < -0.4 is 70.7 Å². The maximum atomic E-state index is 10.9. The van der Waals surface area contributed by atoms with Gasteiger partial charge in [-0.25, -0.2) is 0 Å². The molecule has 0 saturated heterocycles. The molecular formula is C12H10KN3O5. The van der Waals surface area contributed by atoms with E-state index >= 15 is 0 Å². The zero-order valence-electron chi connectivity index (χ0n) is 11.7. The van der Waals surface area contributed by atoms with Crippen molar-refractivity contribution in [3.8, 4) is 23.5 Å². The van der Waals surface area contributed by atoms with Gasteiger partial charge in [0.1, 0.15) is 5.69 Å². The summed E-state index contributed by atoms with van der Waals surface area (Å²) in [5.41, 5.74) is -0.349. The number of pyridine rings is 1. The third-order valence-corrected chi connectivity index (χ3v) is 2.24. The van der Waals surface area contributed by atoms with Gasteiger partial charge in [0.15, 0.2) is 5.75 Å². The first-order chi connectivity index (χ1) is 9.63. The van der Waals surface area contributed by atoms with Crippen molar-refractivity contribution in [2.75, 3.05) is 14.2 Å². The van der Waals surface area contributed by atoms with Gasteiger partial charge < -0.3 is 24.1 Å². The fraction of sp³-hybridized carbons (Fsp3) is 0.167. The number of hydrogen-bond acceptors (Lipinski definition) is 8. The van der Waals surface area contributed by atoms with Crippen molar-refractivity contribution in [1.82, 2.24) is 15.0 Å². The predicted octanol–water partition coefficient (Wildman–Crippen LogP) is -2.95. The number of carbonyl (C=O) groups is 1. The van der Waals surface area contributed by atoms with Crippen LogP contribution in [0.5, 0.6) is 23.5 Å². The maximum Gasteiger partial charge on any atom is 1.00 e. The summed E-state index contributed by atoms with van der Waals surface area (Å²) < 4.78 is 15.2. The van der Waals surface area contributed by atoms with Crippen LogP contribution in [-0.2, 0) is 0 Å². The number of carboxylic acid groups (broad SMARTS) is 1. The van der Waals surface area contributed by atoms with Gasteiger partial charge in [-0.1, -0.05) is 0 Å². The molecule has 0 aliphatic rings. The first-order valence-electron chi connectivity index (χ1n) is 5.45. The van der Waals surface area contributed by atoms with E-state index in [9.17, 15) is 9.90 Å². The van der Waals surface area contributed by atoms with Crippen LogP contribution in [0, 0.1) is 0 Å². The van der Waals surface area contributed by atoms with Crippen LogP contribution in [0.1, 0.15) is 10.5 Å². The molecule has 0 unspecified atom stereocenters. The number of aromatic carboxylic acids is 1. The third kappa shape index (κ3) is 4.61. The minimum atomic E-state index is -1.46. The molecule has 0 spiro atoms. The van der Waals surface area contributed by atoms with Crippen LogP contribution in [-0.4, -0.2) is 35.1 Å². The Kier molecular flexibility index (Phi) is 6.98. The Balaban J connectivity index is 0.00000220. The summed E-state index contributed by atoms with van der Waals surface area (Å²) in [6.45, 7) is 0. The number of rotatable bonds is 5. The number of ether oxygens (including phenoxy) is 3. The van der Waals surface area contributed by atoms with Crippen LogP contribution in [0.3, 0.4) is 0 Å². The normalized spacial score (nSPS) is 9.43. The van der Waals surface area contributed by atoms with E-state index in [0.717, 1.165) is 0 Å². The molecule has 0 saturated carbocycles. The van der Waals surface area contributed by atoms with Gasteiger partial charge in [-0.3, -0.25) is 4.98 Å². The molecule has 0 aliphatic heterocycles. The van der Waals surface area contributed by atoms with Crippen molar-refractivity contribution in [3.05, 3.63) is 30.1 Å². The Hall–Kier alpha value is -1.26. The minimum absolute atomic E-state index is 0. The smallest absolute Gasteiger partial charge is 0.543 e. The van der Waals surface area contributed by atoms with Gasteiger partial charge in [-0.2, -0.15) is 9.97 Å². The van der Waals surface area contributed by atoms with Gasteiger partial charge in [0.2, 0.25) is 11.8 Å². The summed E-state index contributed by atoms with van der Waals surface area (Å²) in [6.07, 6.45) is 1.31. The molecule has 2 heterocycles. The molecule has 8 nitrogen and oxygen atoms in total. The Morgan fingerprint density at radius 1 is 1.19 bits per heavy atom. The number of nitrogens with zero attached hydrogens (tertiary/aromatic N) is 3. The van der Waals surface area contributed by atoms with Crippen molar-refractivity contribution in [2.45, 2.75) is 0 Å². The van der Waals surface area contributed by atoms with Gasteiger partial charge >= 0.3 is 57.4 Å². The molecule has 0 atom stereocenters. The molecule has 0 aliphatic carbocycles. The fourth-order valence-corrected chi connectivity index (χ4v) is 1.36. The summed E-state index contributed by atoms with van der Waals surface area (Å²) in [6, 6.07) is 4.25. The molecule has 0 bridgehead atoms. The number of aromatic nitrogens is 3. The molecule has 104 valence electrons. The summed E-state index contributed by atoms with van der Waals surface area (Å²) in [4.78, 5) is 22.4. The first kappa shape index (κ1) is 17.8. The van der Waals surface area contributed by atoms with E-state index in [-0.39, 0.29) is 80.6 Å². The molecule has 0 radical (unpaired) electrons. The first-order valence-corrected chi connectivity index (χ1v) is 5.45. The Labute approximate surface area is 162 Å². The van der Waals surface area contributed by atoms with Gasteiger partial charge in [0.25, 0.3) is 0 Å². The minimum Gasteiger partial charge on any atom is -0.543 e. The van der Waals surface area contributed by atoms with Crippen molar-refractivity contribution >= 4 is 5.97 Å². The second-order valence-electron chi connectivity index (χ2n) is 3.47. The second-order valence-corrected chi connectivity index (χ2v) is 3.47. The summed E-state index contributed by atoms with van der Waals surface area (Å²) >= 11 is 0. The zero-order chi connectivity index (χ0) is 14.5. The summed E-state index contributed by atoms with van der Waals surface area (Å²) in [5, 5.41) is 10.9. The Morgan fingerprint density at radius 3 is 2.33 bits per heavy atom. The molecule has 0 fully saturated rings. The standard InChI is InChI=1S/C12H11N3O5.K/c1-18-8-6-9(19-2)15-12(14-8)20-7-4-3-5-13-10(7)11(16)17;/h3-6H,1-2H3,(H,16,17);/q;+1/p-1. The van der Waals surface area contributed by atoms with E-state index in [1.54, 1.807) is 0 Å². The predicted molar refractivity (Wildman–Crippen MR) is 63.8 cm³/mol. The average Bonchev–Trinajstić information content (AvgIpc) is 2.47. The fourth-order valence-electron chi connectivity index (χ4n) is 1.36. The quantitative estimate of drug-likeness (QED) is 0.539. The molecule has 2 rings (SSSR count). The number of hydrogen-bond donors (Lipinski definition) is 0. The molecule has 21 heavy (non-hydrogen) atoms. The molecule has 0 aromatic carbocycles.